The average molecular weight is 470 g/mol. The van der Waals surface area contributed by atoms with E-state index < -0.39 is 59.3 Å². The van der Waals surface area contributed by atoms with Crippen LogP contribution in [0.4, 0.5) is 35.1 Å². The first-order chi connectivity index (χ1) is 14.6. The van der Waals surface area contributed by atoms with Crippen molar-refractivity contribution in [1.82, 2.24) is 5.32 Å². The molecule has 0 aromatic heterocycles. The molecule has 1 aliphatic carbocycles. The van der Waals surface area contributed by atoms with Crippen LogP contribution in [0, 0.1) is 23.0 Å². The van der Waals surface area contributed by atoms with Gasteiger partial charge in [-0.2, -0.15) is 18.4 Å². The molecule has 1 unspecified atom stereocenters. The largest absolute Gasteiger partial charge is 0.572 e. The number of ether oxygens (including phenoxy) is 2. The van der Waals surface area contributed by atoms with Crippen LogP contribution in [0.2, 0.25) is 0 Å². The first kappa shape index (κ1) is 25.0. The summed E-state index contributed by atoms with van der Waals surface area (Å²) in [5, 5.41) is 11.5. The van der Waals surface area contributed by atoms with Crippen LogP contribution in [-0.2, 0) is 15.7 Å². The van der Waals surface area contributed by atoms with Crippen molar-refractivity contribution in [2.24, 2.45) is 0 Å². The van der Waals surface area contributed by atoms with Gasteiger partial charge >= 0.3 is 12.5 Å². The summed E-state index contributed by atoms with van der Waals surface area (Å²) >= 11 is 0. The van der Waals surface area contributed by atoms with Gasteiger partial charge in [-0.15, -0.1) is 13.2 Å². The molecule has 0 spiro atoms. The van der Waals surface area contributed by atoms with Gasteiger partial charge in [0.25, 0.3) is 0 Å². The van der Waals surface area contributed by atoms with E-state index in [2.05, 4.69) is 10.1 Å². The van der Waals surface area contributed by atoms with Crippen molar-refractivity contribution in [3.63, 3.8) is 0 Å². The van der Waals surface area contributed by atoms with E-state index in [4.69, 9.17) is 4.74 Å². The van der Waals surface area contributed by atoms with Crippen LogP contribution in [0.5, 0.6) is 5.75 Å². The molecule has 1 aromatic rings. The van der Waals surface area contributed by atoms with Crippen molar-refractivity contribution < 1.29 is 49.4 Å². The first-order valence-corrected chi connectivity index (χ1v) is 8.72. The second-order valence-corrected chi connectivity index (χ2v) is 6.82. The molecule has 5 nitrogen and oxygen atoms in total. The van der Waals surface area contributed by atoms with Gasteiger partial charge in [0, 0.05) is 18.1 Å². The zero-order chi connectivity index (χ0) is 24.3. The Balaban J connectivity index is 2.14. The van der Waals surface area contributed by atoms with Gasteiger partial charge in [-0.05, 0) is 25.5 Å². The number of amides is 1. The van der Waals surface area contributed by atoms with Gasteiger partial charge < -0.3 is 14.8 Å². The molecule has 1 aliphatic rings. The lowest BCUT2D eigenvalue weighted by molar-refractivity contribution is -0.306. The smallest absolute Gasteiger partial charge is 0.489 e. The Morgan fingerprint density at radius 2 is 1.72 bits per heavy atom. The first-order valence-electron chi connectivity index (χ1n) is 8.72. The second-order valence-electron chi connectivity index (χ2n) is 6.82. The van der Waals surface area contributed by atoms with Crippen molar-refractivity contribution in [1.29, 1.82) is 5.26 Å². The highest BCUT2D eigenvalue weighted by molar-refractivity contribution is 5.94. The minimum absolute atomic E-state index is 0.0233. The van der Waals surface area contributed by atoms with Crippen molar-refractivity contribution in [2.75, 3.05) is 6.61 Å². The Morgan fingerprint density at radius 3 is 2.22 bits per heavy atom. The summed E-state index contributed by atoms with van der Waals surface area (Å²) in [5.74, 6) is -5.79. The number of rotatable bonds is 6. The normalized spacial score (nSPS) is 16.2. The molecule has 0 saturated heterocycles. The average Bonchev–Trinajstić information content (AvgIpc) is 2.67. The van der Waals surface area contributed by atoms with Crippen molar-refractivity contribution >= 4 is 5.91 Å². The number of hydrogen-bond donors (Lipinski definition) is 1. The van der Waals surface area contributed by atoms with Crippen LogP contribution >= 0.6 is 0 Å². The summed E-state index contributed by atoms with van der Waals surface area (Å²) in [5.41, 5.74) is -3.57. The minimum Gasteiger partial charge on any atom is -0.489 e. The topological polar surface area (TPSA) is 71.3 Å². The number of carbonyl (C=O) groups is 1. The monoisotopic (exact) mass is 470 g/mol. The number of allylic oxidation sites excluding steroid dienone is 3. The highest BCUT2D eigenvalue weighted by Crippen LogP contribution is 2.37. The lowest BCUT2D eigenvalue weighted by Gasteiger charge is -2.25. The fourth-order valence-corrected chi connectivity index (χ4v) is 2.56. The lowest BCUT2D eigenvalue weighted by atomic mass is 10.00. The molecule has 13 heteroatoms. The third-order valence-electron chi connectivity index (χ3n) is 4.13. The molecule has 0 fully saturated rings. The predicted molar refractivity (Wildman–Crippen MR) is 91.6 cm³/mol. The van der Waals surface area contributed by atoms with Crippen LogP contribution in [0.1, 0.15) is 25.3 Å². The predicted octanol–water partition coefficient (Wildman–Crippen LogP) is 4.90. The van der Waals surface area contributed by atoms with E-state index in [0.29, 0.717) is 0 Å². The number of nitrogens with zero attached hydrogens (tertiary/aromatic N) is 1. The molecule has 1 N–H and O–H groups in total. The van der Waals surface area contributed by atoms with Crippen LogP contribution in [-0.4, -0.2) is 24.4 Å². The number of alkyl halides is 6. The van der Waals surface area contributed by atoms with Crippen molar-refractivity contribution in [2.45, 2.75) is 37.8 Å². The third kappa shape index (κ3) is 6.60. The zero-order valence-electron chi connectivity index (χ0n) is 16.1. The SMILES string of the molecule is CC(C#N)(COc1cc(F)c(F)cc1C(F)(F)F)NC(=O)C1=CC=C(OC(F)(F)F)CC1. The molecule has 0 saturated carbocycles. The number of benzene rings is 1. The zero-order valence-corrected chi connectivity index (χ0v) is 16.1. The highest BCUT2D eigenvalue weighted by atomic mass is 19.4. The Morgan fingerprint density at radius 1 is 1.09 bits per heavy atom. The quantitative estimate of drug-likeness (QED) is 0.601. The van der Waals surface area contributed by atoms with Crippen LogP contribution in [0.25, 0.3) is 0 Å². The number of nitriles is 1. The molecule has 1 atom stereocenters. The molecule has 0 radical (unpaired) electrons. The van der Waals surface area contributed by atoms with E-state index in [1.165, 1.54) is 0 Å². The van der Waals surface area contributed by atoms with E-state index in [0.717, 1.165) is 19.1 Å². The van der Waals surface area contributed by atoms with Gasteiger partial charge in [-0.3, -0.25) is 4.79 Å². The van der Waals surface area contributed by atoms with Crippen LogP contribution < -0.4 is 10.1 Å². The molecule has 0 bridgehead atoms. The van der Waals surface area contributed by atoms with E-state index in [1.54, 1.807) is 6.07 Å². The van der Waals surface area contributed by atoms with Gasteiger partial charge in [0.15, 0.2) is 17.2 Å². The summed E-state index contributed by atoms with van der Waals surface area (Å²) in [6.07, 6.45) is -8.46. The summed E-state index contributed by atoms with van der Waals surface area (Å²) in [6, 6.07) is 1.68. The van der Waals surface area contributed by atoms with E-state index in [9.17, 15) is 45.2 Å². The van der Waals surface area contributed by atoms with Gasteiger partial charge in [-0.1, -0.05) is 6.08 Å². The number of hydrogen-bond acceptors (Lipinski definition) is 4. The third-order valence-corrected chi connectivity index (χ3v) is 4.13. The molecule has 1 amide bonds. The van der Waals surface area contributed by atoms with Crippen molar-refractivity contribution in [3.05, 3.63) is 52.8 Å². The van der Waals surface area contributed by atoms with Crippen LogP contribution in [0.15, 0.2) is 35.6 Å². The van der Waals surface area contributed by atoms with E-state index in [-0.39, 0.29) is 30.5 Å². The maximum atomic E-state index is 13.4. The van der Waals surface area contributed by atoms with Crippen LogP contribution in [0.3, 0.4) is 0 Å². The van der Waals surface area contributed by atoms with Gasteiger partial charge in [-0.25, -0.2) is 8.78 Å². The molecule has 1 aromatic carbocycles. The highest BCUT2D eigenvalue weighted by Gasteiger charge is 2.37. The Kier molecular flexibility index (Phi) is 7.06. The van der Waals surface area contributed by atoms with Gasteiger partial charge in [0.05, 0.1) is 6.07 Å². The number of carbonyl (C=O) groups excluding carboxylic acids is 1. The van der Waals surface area contributed by atoms with E-state index in [1.807, 2.05) is 0 Å². The molecule has 0 aliphatic heterocycles. The lowest BCUT2D eigenvalue weighted by Crippen LogP contribution is -2.49. The van der Waals surface area contributed by atoms with Crippen molar-refractivity contribution in [3.8, 4) is 11.8 Å². The minimum atomic E-state index is -5.09. The van der Waals surface area contributed by atoms with Gasteiger partial charge in [0.1, 0.15) is 23.7 Å². The Hall–Kier alpha value is -3.30. The summed E-state index contributed by atoms with van der Waals surface area (Å²) in [4.78, 5) is 12.3. The molecular formula is C19H14F8N2O3. The fourth-order valence-electron chi connectivity index (χ4n) is 2.56. The molecule has 174 valence electrons. The fraction of sp³-hybridized carbons (Fsp3) is 0.368. The number of halogens is 8. The number of nitrogens with one attached hydrogen (secondary N) is 1. The molecular weight excluding hydrogens is 456 g/mol. The molecule has 0 heterocycles. The van der Waals surface area contributed by atoms with Gasteiger partial charge in [0.2, 0.25) is 5.91 Å². The second kappa shape index (κ2) is 9.05. The summed E-state index contributed by atoms with van der Waals surface area (Å²) in [6.45, 7) is 0.213. The molecule has 32 heavy (non-hydrogen) atoms. The van der Waals surface area contributed by atoms with E-state index >= 15 is 0 Å². The Bertz CT molecular complexity index is 992. The maximum Gasteiger partial charge on any atom is 0.572 e. The standard InChI is InChI=1S/C19H14F8N2O3/c1-17(8-28,9-31-15-7-14(21)13(20)6-12(15)18(22,23)24)29-16(30)10-2-4-11(5-3-10)32-19(25,26)27/h2,4,6-7H,3,5,9H2,1H3,(H,29,30). The summed E-state index contributed by atoms with van der Waals surface area (Å²) in [7, 11) is 0. The summed E-state index contributed by atoms with van der Waals surface area (Å²) < 4.78 is 111. The molecule has 2 rings (SSSR count). The Labute approximate surface area is 175 Å². The maximum absolute atomic E-state index is 13.4.